The van der Waals surface area contributed by atoms with Gasteiger partial charge in [-0.15, -0.1) is 11.3 Å². The monoisotopic (exact) mass is 480 g/mol. The van der Waals surface area contributed by atoms with Crippen LogP contribution in [0.25, 0.3) is 10.6 Å². The van der Waals surface area contributed by atoms with E-state index in [1.165, 1.54) is 11.1 Å². The minimum Gasteiger partial charge on any atom is -0.380 e. The Bertz CT molecular complexity index is 1100. The van der Waals surface area contributed by atoms with E-state index in [9.17, 15) is 5.11 Å². The first-order chi connectivity index (χ1) is 14.6. The van der Waals surface area contributed by atoms with Crippen LogP contribution in [0.5, 0.6) is 0 Å². The Balaban J connectivity index is 1.44. The Hall–Kier alpha value is -1.79. The summed E-state index contributed by atoms with van der Waals surface area (Å²) in [6.07, 6.45) is 7.96. The van der Waals surface area contributed by atoms with Crippen LogP contribution in [0.2, 0.25) is 0 Å². The molecule has 5 rings (SSSR count). The second kappa shape index (κ2) is 8.04. The highest BCUT2D eigenvalue weighted by Gasteiger charge is 2.45. The van der Waals surface area contributed by atoms with Crippen LogP contribution in [0.3, 0.4) is 0 Å². The van der Waals surface area contributed by atoms with E-state index in [1.54, 1.807) is 11.3 Å². The van der Waals surface area contributed by atoms with Crippen LogP contribution >= 0.6 is 27.3 Å². The molecule has 3 heterocycles. The summed E-state index contributed by atoms with van der Waals surface area (Å²) >= 11 is 5.46. The largest absolute Gasteiger partial charge is 0.380 e. The second-order valence-electron chi connectivity index (χ2n) is 8.43. The molecule has 1 atom stereocenters. The van der Waals surface area contributed by atoms with Crippen LogP contribution in [-0.2, 0) is 12.1 Å². The van der Waals surface area contributed by atoms with E-state index in [-0.39, 0.29) is 5.92 Å². The molecule has 2 aromatic heterocycles. The third-order valence-corrected chi connectivity index (χ3v) is 8.30. The van der Waals surface area contributed by atoms with Crippen molar-refractivity contribution in [3.63, 3.8) is 0 Å². The second-order valence-corrected chi connectivity index (χ2v) is 10.2. The van der Waals surface area contributed by atoms with E-state index in [0.717, 1.165) is 58.5 Å². The molecule has 3 nitrogen and oxygen atoms in total. The Labute approximate surface area is 190 Å². The number of pyridine rings is 1. The predicted molar refractivity (Wildman–Crippen MR) is 128 cm³/mol. The highest BCUT2D eigenvalue weighted by atomic mass is 79.9. The summed E-state index contributed by atoms with van der Waals surface area (Å²) in [4.78, 5) is 7.96. The molecular weight excluding hydrogens is 456 g/mol. The van der Waals surface area contributed by atoms with Crippen LogP contribution in [0.15, 0.2) is 54.2 Å². The molecule has 1 fully saturated rings. The molecule has 0 saturated carbocycles. The van der Waals surface area contributed by atoms with Crippen LogP contribution in [0, 0.1) is 12.8 Å². The van der Waals surface area contributed by atoms with Gasteiger partial charge in [-0.25, -0.2) is 0 Å². The molecule has 1 saturated heterocycles. The molecule has 0 spiro atoms. The van der Waals surface area contributed by atoms with E-state index in [2.05, 4.69) is 68.5 Å². The molecule has 1 aromatic carbocycles. The fourth-order valence-electron chi connectivity index (χ4n) is 5.02. The van der Waals surface area contributed by atoms with E-state index in [1.807, 2.05) is 24.5 Å². The van der Waals surface area contributed by atoms with Crippen molar-refractivity contribution >= 4 is 37.8 Å². The number of aliphatic hydroxyl groups is 1. The normalized spacial score (nSPS) is 22.2. The average Bonchev–Trinajstić information content (AvgIpc) is 3.22. The zero-order chi connectivity index (χ0) is 20.7. The third kappa shape index (κ3) is 3.48. The number of nitrogens with zero attached hydrogens (tertiary/aromatic N) is 2. The highest BCUT2D eigenvalue weighted by Crippen LogP contribution is 2.50. The molecule has 3 aromatic rings. The first-order valence-corrected chi connectivity index (χ1v) is 12.1. The van der Waals surface area contributed by atoms with Crippen LogP contribution in [0.1, 0.15) is 45.5 Å². The van der Waals surface area contributed by atoms with Gasteiger partial charge in [0.25, 0.3) is 0 Å². The van der Waals surface area contributed by atoms with Gasteiger partial charge < -0.3 is 5.11 Å². The summed E-state index contributed by atoms with van der Waals surface area (Å²) in [7, 11) is 0. The predicted octanol–water partition coefficient (Wildman–Crippen LogP) is 5.81. The molecule has 1 unspecified atom stereocenters. The van der Waals surface area contributed by atoms with E-state index < -0.39 is 5.60 Å². The van der Waals surface area contributed by atoms with Crippen molar-refractivity contribution in [3.05, 3.63) is 86.9 Å². The quantitative estimate of drug-likeness (QED) is 0.513. The maximum atomic E-state index is 12.3. The molecule has 1 aliphatic heterocycles. The molecule has 0 amide bonds. The molecule has 1 N–H and O–H groups in total. The van der Waals surface area contributed by atoms with Gasteiger partial charge in [0.05, 0.1) is 0 Å². The number of fused-ring (bicyclic) bond motifs is 2. The van der Waals surface area contributed by atoms with Crippen molar-refractivity contribution in [3.8, 4) is 0 Å². The Morgan fingerprint density at radius 2 is 1.97 bits per heavy atom. The Kier molecular flexibility index (Phi) is 5.40. The summed E-state index contributed by atoms with van der Waals surface area (Å²) in [6.45, 7) is 4.98. The van der Waals surface area contributed by atoms with Crippen molar-refractivity contribution in [2.75, 3.05) is 13.1 Å². The molecule has 30 heavy (non-hydrogen) atoms. The van der Waals surface area contributed by atoms with E-state index in [0.29, 0.717) is 0 Å². The number of thiophene rings is 1. The van der Waals surface area contributed by atoms with Crippen LogP contribution < -0.4 is 0 Å². The molecule has 0 radical (unpaired) electrons. The molecule has 154 valence electrons. The Morgan fingerprint density at radius 3 is 2.77 bits per heavy atom. The van der Waals surface area contributed by atoms with Gasteiger partial charge in [0.2, 0.25) is 0 Å². The van der Waals surface area contributed by atoms with Crippen molar-refractivity contribution in [1.82, 2.24) is 9.88 Å². The van der Waals surface area contributed by atoms with Crippen molar-refractivity contribution < 1.29 is 5.11 Å². The topological polar surface area (TPSA) is 36.4 Å². The number of aromatic nitrogens is 1. The van der Waals surface area contributed by atoms with E-state index in [4.69, 9.17) is 0 Å². The molecular formula is C25H25BrN2OS. The van der Waals surface area contributed by atoms with Gasteiger partial charge in [-0.1, -0.05) is 30.3 Å². The van der Waals surface area contributed by atoms with Gasteiger partial charge in [-0.3, -0.25) is 9.88 Å². The lowest BCUT2D eigenvalue weighted by atomic mass is 9.71. The van der Waals surface area contributed by atoms with Gasteiger partial charge in [-0.2, -0.15) is 0 Å². The SMILES string of the molecule is Cc1cncc(CN2CCC(C3(O)c4ccccc4C=C(Br)c4sccc43)CC2)c1. The molecule has 2 aliphatic rings. The van der Waals surface area contributed by atoms with Gasteiger partial charge in [0, 0.05) is 33.9 Å². The maximum absolute atomic E-state index is 12.3. The smallest absolute Gasteiger partial charge is 0.119 e. The summed E-state index contributed by atoms with van der Waals surface area (Å²) < 4.78 is 1.06. The minimum absolute atomic E-state index is 0.186. The van der Waals surface area contributed by atoms with Crippen molar-refractivity contribution in [2.24, 2.45) is 5.92 Å². The average molecular weight is 481 g/mol. The third-order valence-electron chi connectivity index (χ3n) is 6.46. The lowest BCUT2D eigenvalue weighted by molar-refractivity contribution is -0.0150. The van der Waals surface area contributed by atoms with Crippen molar-refractivity contribution in [1.29, 1.82) is 0 Å². The van der Waals surface area contributed by atoms with Gasteiger partial charge in [0.1, 0.15) is 5.60 Å². The summed E-state index contributed by atoms with van der Waals surface area (Å²) in [5.74, 6) is 0.186. The first-order valence-electron chi connectivity index (χ1n) is 10.5. The van der Waals surface area contributed by atoms with E-state index >= 15 is 0 Å². The van der Waals surface area contributed by atoms with Gasteiger partial charge in [-0.05, 0) is 94.5 Å². The summed E-state index contributed by atoms with van der Waals surface area (Å²) in [5, 5.41) is 14.4. The number of halogens is 1. The van der Waals surface area contributed by atoms with Crippen molar-refractivity contribution in [2.45, 2.75) is 31.9 Å². The number of hydrogen-bond acceptors (Lipinski definition) is 4. The summed E-state index contributed by atoms with van der Waals surface area (Å²) in [6, 6.07) is 12.6. The fraction of sp³-hybridized carbons (Fsp3) is 0.320. The summed E-state index contributed by atoms with van der Waals surface area (Å²) in [5.41, 5.74) is 4.68. The minimum atomic E-state index is -0.963. The zero-order valence-corrected chi connectivity index (χ0v) is 19.4. The maximum Gasteiger partial charge on any atom is 0.119 e. The number of likely N-dealkylation sites (tertiary alicyclic amines) is 1. The van der Waals surface area contributed by atoms with Crippen LogP contribution in [-0.4, -0.2) is 28.1 Å². The number of rotatable bonds is 3. The van der Waals surface area contributed by atoms with Crippen LogP contribution in [0.4, 0.5) is 0 Å². The lowest BCUT2D eigenvalue weighted by Gasteiger charge is -2.42. The van der Waals surface area contributed by atoms with Gasteiger partial charge in [0.15, 0.2) is 0 Å². The molecule has 0 bridgehead atoms. The number of aryl methyl sites for hydroxylation is 1. The fourth-order valence-corrected chi connectivity index (χ4v) is 6.63. The van der Waals surface area contributed by atoms with Gasteiger partial charge >= 0.3 is 0 Å². The number of benzene rings is 1. The highest BCUT2D eigenvalue weighted by molar-refractivity contribution is 9.15. The molecule has 1 aliphatic carbocycles. The number of piperidine rings is 1. The lowest BCUT2D eigenvalue weighted by Crippen LogP contribution is -2.44. The zero-order valence-electron chi connectivity index (χ0n) is 17.0. The molecule has 5 heteroatoms. The Morgan fingerprint density at radius 1 is 1.17 bits per heavy atom. The standard InChI is InChI=1S/C25H25BrN2OS/c1-17-12-18(15-27-14-17)16-28-9-6-20(7-10-28)25(29)21-5-3-2-4-19(21)13-23(26)24-22(25)8-11-30-24/h2-5,8,11-15,20,29H,6-7,9-10,16H2,1H3. The number of hydrogen-bond donors (Lipinski definition) is 1. The first kappa shape index (κ1) is 20.1.